The number of sulfonamides is 1. The van der Waals surface area contributed by atoms with Gasteiger partial charge in [0.25, 0.3) is 5.22 Å². The van der Waals surface area contributed by atoms with Crippen molar-refractivity contribution >= 4 is 38.9 Å². The number of aromatic nitrogens is 1. The van der Waals surface area contributed by atoms with E-state index >= 15 is 0 Å². The smallest absolute Gasteiger partial charge is 0.373 e. The number of fused-ring (bicyclic) bond motifs is 1. The van der Waals surface area contributed by atoms with Crippen molar-refractivity contribution in [3.8, 4) is 0 Å². The van der Waals surface area contributed by atoms with Crippen LogP contribution in [0.4, 0.5) is 0 Å². The van der Waals surface area contributed by atoms with E-state index in [1.807, 2.05) is 0 Å². The lowest BCUT2D eigenvalue weighted by Gasteiger charge is -2.10. The minimum absolute atomic E-state index is 0.124. The molecule has 1 aromatic carbocycles. The predicted molar refractivity (Wildman–Crippen MR) is 94.5 cm³/mol. The topological polar surface area (TPSA) is 103 Å². The van der Waals surface area contributed by atoms with Crippen LogP contribution in [0.25, 0.3) is 11.1 Å². The Morgan fingerprint density at radius 2 is 2.00 bits per heavy atom. The van der Waals surface area contributed by atoms with Gasteiger partial charge in [-0.3, -0.25) is 0 Å². The van der Waals surface area contributed by atoms with E-state index < -0.39 is 16.0 Å². The highest BCUT2D eigenvalue weighted by atomic mass is 32.2. The molecular formula is C16H16N2O6S2. The second-order valence-corrected chi connectivity index (χ2v) is 8.52. The molecule has 0 fully saturated rings. The summed E-state index contributed by atoms with van der Waals surface area (Å²) < 4.78 is 41.1. The van der Waals surface area contributed by atoms with Crippen molar-refractivity contribution < 1.29 is 26.8 Å². The van der Waals surface area contributed by atoms with E-state index in [-0.39, 0.29) is 10.7 Å². The Balaban J connectivity index is 1.77. The molecule has 0 unspecified atom stereocenters. The van der Waals surface area contributed by atoms with Gasteiger partial charge in [-0.15, -0.1) is 0 Å². The summed E-state index contributed by atoms with van der Waals surface area (Å²) in [6, 6.07) is 7.73. The lowest BCUT2D eigenvalue weighted by molar-refractivity contribution is 0.0563. The summed E-state index contributed by atoms with van der Waals surface area (Å²) in [4.78, 5) is 15.8. The first-order valence-electron chi connectivity index (χ1n) is 7.44. The first kappa shape index (κ1) is 18.5. The number of hydrogen-bond acceptors (Lipinski definition) is 8. The number of methoxy groups -OCH3 is 1. The maximum atomic E-state index is 12.2. The molecule has 0 radical (unpaired) electrons. The molecule has 3 aromatic rings. The molecule has 138 valence electrons. The Morgan fingerprint density at radius 1 is 1.23 bits per heavy atom. The highest BCUT2D eigenvalue weighted by Gasteiger charge is 2.19. The fraction of sp³-hybridized carbons (Fsp3) is 0.250. The summed E-state index contributed by atoms with van der Waals surface area (Å²) in [7, 11) is 0.679. The van der Waals surface area contributed by atoms with Gasteiger partial charge in [0, 0.05) is 14.1 Å². The molecule has 0 N–H and O–H groups in total. The quantitative estimate of drug-likeness (QED) is 0.463. The predicted octanol–water partition coefficient (Wildman–Crippen LogP) is 2.75. The largest absolute Gasteiger partial charge is 0.463 e. The van der Waals surface area contributed by atoms with Crippen molar-refractivity contribution in [2.45, 2.75) is 15.9 Å². The molecule has 0 atom stereocenters. The molecule has 0 spiro atoms. The third-order valence-electron chi connectivity index (χ3n) is 3.50. The van der Waals surface area contributed by atoms with Crippen LogP contribution in [-0.2, 0) is 20.5 Å². The number of hydrogen-bond donors (Lipinski definition) is 0. The van der Waals surface area contributed by atoms with Crippen molar-refractivity contribution in [1.82, 2.24) is 9.29 Å². The molecule has 26 heavy (non-hydrogen) atoms. The zero-order valence-electron chi connectivity index (χ0n) is 14.3. The Bertz CT molecular complexity index is 1050. The average molecular weight is 396 g/mol. The number of nitrogens with zero attached hydrogens (tertiary/aromatic N) is 2. The molecule has 0 aliphatic heterocycles. The third-order valence-corrected chi connectivity index (χ3v) is 6.17. The van der Waals surface area contributed by atoms with Crippen LogP contribution >= 0.6 is 11.8 Å². The van der Waals surface area contributed by atoms with Crippen molar-refractivity contribution in [1.29, 1.82) is 0 Å². The monoisotopic (exact) mass is 396 g/mol. The van der Waals surface area contributed by atoms with Gasteiger partial charge in [-0.25, -0.2) is 22.5 Å². The molecular weight excluding hydrogens is 380 g/mol. The number of ether oxygens (including phenoxy) is 1. The number of benzene rings is 1. The van der Waals surface area contributed by atoms with Crippen LogP contribution in [0.5, 0.6) is 0 Å². The standard InChI is InChI=1S/C16H16N2O6S2/c1-18(2)26(20,21)11-5-7-13-12(8-11)17-16(24-13)25-9-10-4-6-14(23-10)15(19)22-3/h4-8H,9H2,1-3H3. The SMILES string of the molecule is COC(=O)c1ccc(CSc2nc3cc(S(=O)(=O)N(C)C)ccc3o2)o1. The van der Waals surface area contributed by atoms with E-state index in [0.29, 0.717) is 27.8 Å². The Kier molecular flexibility index (Phi) is 5.08. The number of carbonyl (C=O) groups excluding carboxylic acids is 1. The van der Waals surface area contributed by atoms with Gasteiger partial charge in [0.1, 0.15) is 11.3 Å². The summed E-state index contributed by atoms with van der Waals surface area (Å²) in [5.41, 5.74) is 0.935. The van der Waals surface area contributed by atoms with Gasteiger partial charge in [-0.1, -0.05) is 11.8 Å². The number of carbonyl (C=O) groups is 1. The van der Waals surface area contributed by atoms with Gasteiger partial charge >= 0.3 is 5.97 Å². The van der Waals surface area contributed by atoms with E-state index in [2.05, 4.69) is 9.72 Å². The van der Waals surface area contributed by atoms with Crippen LogP contribution in [0, 0.1) is 0 Å². The molecule has 3 rings (SSSR count). The van der Waals surface area contributed by atoms with E-state index in [0.717, 1.165) is 4.31 Å². The summed E-state index contributed by atoms with van der Waals surface area (Å²) in [6.45, 7) is 0. The second-order valence-electron chi connectivity index (χ2n) is 5.44. The van der Waals surface area contributed by atoms with Crippen LogP contribution < -0.4 is 0 Å². The first-order chi connectivity index (χ1) is 12.3. The highest BCUT2D eigenvalue weighted by molar-refractivity contribution is 7.98. The summed E-state index contributed by atoms with van der Waals surface area (Å²) in [6.07, 6.45) is 0. The molecule has 10 heteroatoms. The van der Waals surface area contributed by atoms with Gasteiger partial charge in [-0.2, -0.15) is 0 Å². The maximum absolute atomic E-state index is 12.2. The molecule has 8 nitrogen and oxygen atoms in total. The zero-order chi connectivity index (χ0) is 18.9. The van der Waals surface area contributed by atoms with E-state index in [4.69, 9.17) is 8.83 Å². The Labute approximate surface area is 154 Å². The second kappa shape index (κ2) is 7.14. The van der Waals surface area contributed by atoms with Crippen LogP contribution in [-0.4, -0.2) is 44.9 Å². The normalized spacial score (nSPS) is 12.0. The van der Waals surface area contributed by atoms with E-state index in [9.17, 15) is 13.2 Å². The summed E-state index contributed by atoms with van der Waals surface area (Å²) >= 11 is 1.27. The van der Waals surface area contributed by atoms with Crippen molar-refractivity contribution in [3.63, 3.8) is 0 Å². The zero-order valence-corrected chi connectivity index (χ0v) is 15.9. The molecule has 0 saturated heterocycles. The van der Waals surface area contributed by atoms with Crippen molar-refractivity contribution in [2.75, 3.05) is 21.2 Å². The van der Waals surface area contributed by atoms with Crippen molar-refractivity contribution in [2.24, 2.45) is 0 Å². The molecule has 0 aliphatic carbocycles. The van der Waals surface area contributed by atoms with Crippen LogP contribution in [0.1, 0.15) is 16.3 Å². The Hall–Kier alpha value is -2.30. The number of thioether (sulfide) groups is 1. The van der Waals surface area contributed by atoms with Crippen LogP contribution in [0.15, 0.2) is 49.3 Å². The number of esters is 1. The minimum atomic E-state index is -3.54. The summed E-state index contributed by atoms with van der Waals surface area (Å²) in [5, 5.41) is 0.371. The van der Waals surface area contributed by atoms with Gasteiger partial charge in [0.15, 0.2) is 5.58 Å². The van der Waals surface area contributed by atoms with E-state index in [1.54, 1.807) is 12.1 Å². The fourth-order valence-corrected chi connectivity index (χ4v) is 3.77. The van der Waals surface area contributed by atoms with Gasteiger partial charge in [-0.05, 0) is 30.3 Å². The van der Waals surface area contributed by atoms with Gasteiger partial charge < -0.3 is 13.6 Å². The summed E-state index contributed by atoms with van der Waals surface area (Å²) in [5.74, 6) is 0.539. The lowest BCUT2D eigenvalue weighted by Crippen LogP contribution is -2.22. The van der Waals surface area contributed by atoms with Gasteiger partial charge in [0.05, 0.1) is 17.8 Å². The maximum Gasteiger partial charge on any atom is 0.373 e. The average Bonchev–Trinajstić information content (AvgIpc) is 3.24. The number of oxazole rings is 1. The highest BCUT2D eigenvalue weighted by Crippen LogP contribution is 2.28. The van der Waals surface area contributed by atoms with E-state index in [1.165, 1.54) is 51.2 Å². The van der Waals surface area contributed by atoms with Crippen LogP contribution in [0.3, 0.4) is 0 Å². The Morgan fingerprint density at radius 3 is 2.69 bits per heavy atom. The third kappa shape index (κ3) is 3.62. The number of rotatable bonds is 6. The minimum Gasteiger partial charge on any atom is -0.463 e. The molecule has 2 heterocycles. The lowest BCUT2D eigenvalue weighted by atomic mass is 10.3. The van der Waals surface area contributed by atoms with Crippen LogP contribution in [0.2, 0.25) is 0 Å². The van der Waals surface area contributed by atoms with Crippen molar-refractivity contribution in [3.05, 3.63) is 41.9 Å². The molecule has 2 aromatic heterocycles. The first-order valence-corrected chi connectivity index (χ1v) is 9.87. The fourth-order valence-electron chi connectivity index (χ4n) is 2.12. The number of furan rings is 1. The molecule has 0 bridgehead atoms. The molecule has 0 aliphatic rings. The van der Waals surface area contributed by atoms with Gasteiger partial charge in [0.2, 0.25) is 15.8 Å². The molecule has 0 saturated carbocycles. The molecule has 0 amide bonds.